The Balaban J connectivity index is 1.28. The van der Waals surface area contributed by atoms with E-state index in [0.29, 0.717) is 12.5 Å². The molecule has 3 aromatic carbocycles. The van der Waals surface area contributed by atoms with Crippen LogP contribution in [-0.2, 0) is 22.4 Å². The minimum absolute atomic E-state index is 0.0784. The van der Waals surface area contributed by atoms with Gasteiger partial charge in [0.2, 0.25) is 0 Å². The zero-order chi connectivity index (χ0) is 24.7. The van der Waals surface area contributed by atoms with Crippen molar-refractivity contribution in [1.82, 2.24) is 4.98 Å². The molecule has 5 rings (SSSR count). The fourth-order valence-corrected chi connectivity index (χ4v) is 5.79. The van der Waals surface area contributed by atoms with Gasteiger partial charge in [0.15, 0.2) is 11.7 Å². The second-order valence-corrected chi connectivity index (χ2v) is 9.84. The highest BCUT2D eigenvalue weighted by Crippen LogP contribution is 2.41. The minimum atomic E-state index is -0.351. The van der Waals surface area contributed by atoms with Crippen LogP contribution in [0.3, 0.4) is 0 Å². The van der Waals surface area contributed by atoms with Gasteiger partial charge in [0.1, 0.15) is 5.75 Å². The van der Waals surface area contributed by atoms with Crippen LogP contribution in [-0.4, -0.2) is 30.7 Å². The summed E-state index contributed by atoms with van der Waals surface area (Å²) in [6, 6.07) is 27.4. The van der Waals surface area contributed by atoms with Crippen molar-refractivity contribution in [3.63, 3.8) is 0 Å². The number of benzene rings is 3. The Kier molecular flexibility index (Phi) is 7.62. The van der Waals surface area contributed by atoms with Crippen LogP contribution < -0.4 is 10.1 Å². The Labute approximate surface area is 216 Å². The number of nitrogens with zero attached hydrogens (tertiary/aromatic N) is 1. The average Bonchev–Trinajstić information content (AvgIpc) is 3.34. The number of carbonyl (C=O) groups excluding carboxylic acids is 1. The van der Waals surface area contributed by atoms with E-state index in [0.717, 1.165) is 53.5 Å². The Morgan fingerprint density at radius 1 is 0.972 bits per heavy atom. The van der Waals surface area contributed by atoms with E-state index in [1.165, 1.54) is 16.0 Å². The van der Waals surface area contributed by atoms with E-state index < -0.39 is 0 Å². The second-order valence-electron chi connectivity index (χ2n) is 8.76. The highest BCUT2D eigenvalue weighted by molar-refractivity contribution is 7.16. The molecule has 0 spiro atoms. The number of hydrogen-bond donors (Lipinski definition) is 1. The van der Waals surface area contributed by atoms with E-state index in [9.17, 15) is 4.79 Å². The molecule has 1 N–H and O–H groups in total. The molecule has 0 radical (unpaired) electrons. The van der Waals surface area contributed by atoms with Crippen molar-refractivity contribution in [2.75, 3.05) is 25.1 Å². The molecule has 184 valence electrons. The van der Waals surface area contributed by atoms with Crippen molar-refractivity contribution in [1.29, 1.82) is 0 Å². The number of fused-ring (bicyclic) bond motifs is 3. The summed E-state index contributed by atoms with van der Waals surface area (Å²) in [6.07, 6.45) is 2.76. The van der Waals surface area contributed by atoms with Gasteiger partial charge in [-0.3, -0.25) is 0 Å². The molecule has 4 aromatic rings. The maximum Gasteiger partial charge on any atom is 0.344 e. The topological polar surface area (TPSA) is 60.5 Å². The molecule has 0 saturated carbocycles. The van der Waals surface area contributed by atoms with E-state index >= 15 is 0 Å². The smallest absolute Gasteiger partial charge is 0.344 e. The largest absolute Gasteiger partial charge is 0.482 e. The first-order chi connectivity index (χ1) is 17.7. The number of nitrogens with one attached hydrogen (secondary N) is 1. The standard InChI is InChI=1S/C30H30N2O3S/c1-2-34-28(33)20-35-26-15-9-14-25-24(26)16-17-27-29(25)32-30(36-27)31-19-18-23(21-10-5-3-6-11-21)22-12-7-4-8-13-22/h3-15,23H,2,16-20H2,1H3,(H,31,32). The van der Waals surface area contributed by atoms with Crippen LogP contribution in [0.15, 0.2) is 78.9 Å². The summed E-state index contributed by atoms with van der Waals surface area (Å²) < 4.78 is 10.8. The summed E-state index contributed by atoms with van der Waals surface area (Å²) >= 11 is 1.74. The summed E-state index contributed by atoms with van der Waals surface area (Å²) in [6.45, 7) is 2.90. The van der Waals surface area contributed by atoms with Crippen molar-refractivity contribution >= 4 is 22.4 Å². The van der Waals surface area contributed by atoms with E-state index in [-0.39, 0.29) is 12.6 Å². The number of aryl methyl sites for hydroxylation is 1. The lowest BCUT2D eigenvalue weighted by atomic mass is 9.88. The van der Waals surface area contributed by atoms with Gasteiger partial charge in [0.05, 0.1) is 12.3 Å². The first-order valence-corrected chi connectivity index (χ1v) is 13.3. The summed E-state index contributed by atoms with van der Waals surface area (Å²) in [5.74, 6) is 0.715. The molecular weight excluding hydrogens is 468 g/mol. The van der Waals surface area contributed by atoms with Crippen molar-refractivity contribution < 1.29 is 14.3 Å². The van der Waals surface area contributed by atoms with Crippen LogP contribution in [0.2, 0.25) is 0 Å². The van der Waals surface area contributed by atoms with E-state index in [1.807, 2.05) is 12.1 Å². The molecule has 0 fully saturated rings. The minimum Gasteiger partial charge on any atom is -0.482 e. The maximum atomic E-state index is 11.7. The number of ether oxygens (including phenoxy) is 2. The van der Waals surface area contributed by atoms with Gasteiger partial charge in [-0.2, -0.15) is 0 Å². The summed E-state index contributed by atoms with van der Waals surface area (Å²) in [4.78, 5) is 18.0. The molecule has 5 nitrogen and oxygen atoms in total. The predicted molar refractivity (Wildman–Crippen MR) is 145 cm³/mol. The average molecular weight is 499 g/mol. The van der Waals surface area contributed by atoms with Gasteiger partial charge in [-0.25, -0.2) is 9.78 Å². The molecular formula is C30H30N2O3S. The predicted octanol–water partition coefficient (Wildman–Crippen LogP) is 6.48. The SMILES string of the molecule is CCOC(=O)COc1cccc2c1CCc1sc(NCCC(c3ccccc3)c3ccccc3)nc1-2. The molecule has 6 heteroatoms. The van der Waals surface area contributed by atoms with Crippen molar-refractivity contribution in [2.45, 2.75) is 32.1 Å². The highest BCUT2D eigenvalue weighted by atomic mass is 32.1. The Morgan fingerprint density at radius 2 is 1.69 bits per heavy atom. The zero-order valence-electron chi connectivity index (χ0n) is 20.4. The van der Waals surface area contributed by atoms with Crippen LogP contribution in [0.1, 0.15) is 40.8 Å². The Morgan fingerprint density at radius 3 is 2.39 bits per heavy atom. The number of aromatic nitrogens is 1. The molecule has 0 bridgehead atoms. The lowest BCUT2D eigenvalue weighted by Gasteiger charge is -2.18. The first-order valence-electron chi connectivity index (χ1n) is 12.5. The second kappa shape index (κ2) is 11.4. The van der Waals surface area contributed by atoms with Gasteiger partial charge in [-0.1, -0.05) is 72.8 Å². The van der Waals surface area contributed by atoms with Crippen LogP contribution in [0.5, 0.6) is 5.75 Å². The summed E-state index contributed by atoms with van der Waals surface area (Å²) in [7, 11) is 0. The quantitative estimate of drug-likeness (QED) is 0.253. The van der Waals surface area contributed by atoms with Crippen molar-refractivity contribution in [2.24, 2.45) is 0 Å². The third-order valence-corrected chi connectivity index (χ3v) is 7.52. The van der Waals surface area contributed by atoms with Gasteiger partial charge in [-0.05, 0) is 43.4 Å². The van der Waals surface area contributed by atoms with Crippen LogP contribution in [0.25, 0.3) is 11.3 Å². The fraction of sp³-hybridized carbons (Fsp3) is 0.267. The number of carbonyl (C=O) groups is 1. The molecule has 36 heavy (non-hydrogen) atoms. The van der Waals surface area contributed by atoms with Crippen LogP contribution in [0, 0.1) is 0 Å². The van der Waals surface area contributed by atoms with E-state index in [4.69, 9.17) is 14.5 Å². The zero-order valence-corrected chi connectivity index (χ0v) is 21.2. The van der Waals surface area contributed by atoms with Gasteiger partial charge in [0.25, 0.3) is 0 Å². The molecule has 0 saturated heterocycles. The maximum absolute atomic E-state index is 11.7. The molecule has 0 aliphatic heterocycles. The summed E-state index contributed by atoms with van der Waals surface area (Å²) in [5.41, 5.74) is 5.88. The molecule has 1 heterocycles. The Hall–Kier alpha value is -3.64. The third kappa shape index (κ3) is 5.44. The summed E-state index contributed by atoms with van der Waals surface area (Å²) in [5, 5.41) is 4.54. The first kappa shape index (κ1) is 24.1. The third-order valence-electron chi connectivity index (χ3n) is 6.45. The molecule has 0 atom stereocenters. The highest BCUT2D eigenvalue weighted by Gasteiger charge is 2.24. The van der Waals surface area contributed by atoms with E-state index in [1.54, 1.807) is 18.3 Å². The monoisotopic (exact) mass is 498 g/mol. The number of anilines is 1. The number of thiazole rings is 1. The van der Waals surface area contributed by atoms with Crippen molar-refractivity contribution in [3.05, 3.63) is 100 Å². The van der Waals surface area contributed by atoms with Crippen molar-refractivity contribution in [3.8, 4) is 17.0 Å². The molecule has 0 amide bonds. The number of hydrogen-bond acceptors (Lipinski definition) is 6. The van der Waals surface area contributed by atoms with Gasteiger partial charge >= 0.3 is 5.97 Å². The van der Waals surface area contributed by atoms with Gasteiger partial charge in [0, 0.05) is 28.5 Å². The molecule has 1 aromatic heterocycles. The van der Waals surface area contributed by atoms with Crippen LogP contribution >= 0.6 is 11.3 Å². The lowest BCUT2D eigenvalue weighted by Crippen LogP contribution is -2.16. The van der Waals surface area contributed by atoms with Gasteiger partial charge < -0.3 is 14.8 Å². The van der Waals surface area contributed by atoms with Gasteiger partial charge in [-0.15, -0.1) is 11.3 Å². The molecule has 1 aliphatic carbocycles. The Bertz CT molecular complexity index is 1270. The number of esters is 1. The normalized spacial score (nSPS) is 12.1. The fourth-order valence-electron chi connectivity index (χ4n) is 4.79. The number of rotatable bonds is 10. The van der Waals surface area contributed by atoms with Crippen LogP contribution in [0.4, 0.5) is 5.13 Å². The molecule has 1 aliphatic rings. The van der Waals surface area contributed by atoms with E-state index in [2.05, 4.69) is 72.0 Å². The lowest BCUT2D eigenvalue weighted by molar-refractivity contribution is -0.145. The molecule has 0 unspecified atom stereocenters.